The molecular weight excluding hydrogens is 384 g/mol. The van der Waals surface area contributed by atoms with Crippen molar-refractivity contribution in [2.24, 2.45) is 10.7 Å². The highest BCUT2D eigenvalue weighted by Crippen LogP contribution is 2.25. The maximum Gasteiger partial charge on any atom is 0.352 e. The Morgan fingerprint density at radius 2 is 1.93 bits per heavy atom. The van der Waals surface area contributed by atoms with Gasteiger partial charge in [-0.2, -0.15) is 0 Å². The molecule has 3 aromatic rings. The molecule has 0 fully saturated rings. The van der Waals surface area contributed by atoms with Crippen LogP contribution < -0.4 is 31.5 Å². The van der Waals surface area contributed by atoms with Gasteiger partial charge in [0.1, 0.15) is 18.2 Å². The van der Waals surface area contributed by atoms with Crippen molar-refractivity contribution in [3.8, 4) is 5.75 Å². The fraction of sp³-hybridized carbons (Fsp3) is 0.182. The molecule has 0 spiro atoms. The Labute approximate surface area is 173 Å². The van der Waals surface area contributed by atoms with Gasteiger partial charge in [0.15, 0.2) is 0 Å². The van der Waals surface area contributed by atoms with Crippen molar-refractivity contribution in [3.05, 3.63) is 77.7 Å². The van der Waals surface area contributed by atoms with Crippen LogP contribution in [0.25, 0.3) is 5.82 Å². The summed E-state index contributed by atoms with van der Waals surface area (Å²) < 4.78 is 16.1. The monoisotopic (exact) mass is 406 g/mol. The molecule has 0 bridgehead atoms. The van der Waals surface area contributed by atoms with Crippen molar-refractivity contribution < 1.29 is 18.7 Å². The molecule has 1 atom stereocenters. The number of methoxy groups -OCH3 is 1. The van der Waals surface area contributed by atoms with Gasteiger partial charge in [0.05, 0.1) is 18.6 Å². The number of nitrogens with one attached hydrogen (secondary N) is 1. The Hall–Kier alpha value is -3.94. The van der Waals surface area contributed by atoms with Gasteiger partial charge >= 0.3 is 5.97 Å². The predicted molar refractivity (Wildman–Crippen MR) is 112 cm³/mol. The summed E-state index contributed by atoms with van der Waals surface area (Å²) in [6.45, 7) is 0.650. The molecule has 1 unspecified atom stereocenters. The summed E-state index contributed by atoms with van der Waals surface area (Å²) in [5, 5.41) is 3.82. The van der Waals surface area contributed by atoms with Crippen LogP contribution in [-0.4, -0.2) is 32.4 Å². The Morgan fingerprint density at radius 3 is 2.67 bits per heavy atom. The summed E-state index contributed by atoms with van der Waals surface area (Å²) in [4.78, 5) is 18.9. The van der Waals surface area contributed by atoms with Crippen molar-refractivity contribution in [2.75, 3.05) is 30.5 Å². The number of rotatable bonds is 7. The number of fused-ring (bicyclic) bond motifs is 1. The Morgan fingerprint density at radius 1 is 1.17 bits per heavy atom. The third-order valence-electron chi connectivity index (χ3n) is 4.68. The van der Waals surface area contributed by atoms with Crippen LogP contribution in [0.3, 0.4) is 0 Å². The molecule has 154 valence electrons. The summed E-state index contributed by atoms with van der Waals surface area (Å²) in [5.74, 6) is 0.537. The second-order valence-corrected chi connectivity index (χ2v) is 6.56. The van der Waals surface area contributed by atoms with Crippen LogP contribution in [0.4, 0.5) is 11.4 Å². The first-order valence-electron chi connectivity index (χ1n) is 9.47. The van der Waals surface area contributed by atoms with Gasteiger partial charge in [-0.3, -0.25) is 4.90 Å². The molecule has 0 amide bonds. The molecule has 3 N–H and O–H groups in total. The summed E-state index contributed by atoms with van der Waals surface area (Å²) in [6, 6.07) is 18.6. The lowest BCUT2D eigenvalue weighted by Gasteiger charge is -2.31. The second-order valence-electron chi connectivity index (χ2n) is 6.56. The van der Waals surface area contributed by atoms with Crippen LogP contribution in [0.5, 0.6) is 5.75 Å². The molecule has 1 aliphatic heterocycles. The van der Waals surface area contributed by atoms with Gasteiger partial charge in [-0.15, -0.1) is 0 Å². The van der Waals surface area contributed by atoms with E-state index in [9.17, 15) is 4.79 Å². The smallest absolute Gasteiger partial charge is 0.352 e. The predicted octanol–water partition coefficient (Wildman–Crippen LogP) is 1.43. The third-order valence-corrected chi connectivity index (χ3v) is 4.68. The number of nitrogens with two attached hydrogens (primary N) is 1. The van der Waals surface area contributed by atoms with Crippen LogP contribution in [0, 0.1) is 0 Å². The van der Waals surface area contributed by atoms with Crippen LogP contribution in [-0.2, 0) is 9.53 Å². The van der Waals surface area contributed by atoms with Crippen molar-refractivity contribution >= 4 is 23.2 Å². The SMILES string of the molecule is COc1ccc(N2C(N)=c3ccoc3=NC2C(=O)OCCNc2ccccc2)cc1. The summed E-state index contributed by atoms with van der Waals surface area (Å²) in [6.07, 6.45) is 0.499. The first-order valence-corrected chi connectivity index (χ1v) is 9.47. The van der Waals surface area contributed by atoms with E-state index in [0.29, 0.717) is 34.6 Å². The standard InChI is InChI=1S/C22H22N4O4/c1-28-17-9-7-16(8-10-17)26-19(23)18-11-13-29-21(18)25-20(26)22(27)30-14-12-24-15-5-3-2-4-6-15/h2-11,13,20,24H,12,14,23H2,1H3. The van der Waals surface area contributed by atoms with Gasteiger partial charge in [-0.25, -0.2) is 9.79 Å². The van der Waals surface area contributed by atoms with Gasteiger partial charge in [-0.05, 0) is 42.5 Å². The largest absolute Gasteiger partial charge is 0.497 e. The van der Waals surface area contributed by atoms with Crippen molar-refractivity contribution in [1.29, 1.82) is 0 Å². The number of anilines is 2. The minimum Gasteiger partial charge on any atom is -0.497 e. The zero-order valence-corrected chi connectivity index (χ0v) is 16.4. The molecule has 0 aliphatic carbocycles. The fourth-order valence-electron chi connectivity index (χ4n) is 3.19. The average molecular weight is 406 g/mol. The molecule has 2 heterocycles. The van der Waals surface area contributed by atoms with Gasteiger partial charge in [-0.1, -0.05) is 18.2 Å². The molecule has 8 heteroatoms. The molecule has 0 saturated heterocycles. The van der Waals surface area contributed by atoms with Gasteiger partial charge in [0, 0.05) is 17.9 Å². The van der Waals surface area contributed by atoms with Gasteiger partial charge in [0.25, 0.3) is 0 Å². The zero-order valence-electron chi connectivity index (χ0n) is 16.4. The number of para-hydroxylation sites is 1. The van der Waals surface area contributed by atoms with E-state index in [0.717, 1.165) is 5.69 Å². The molecule has 4 rings (SSSR count). The number of furan rings is 1. The van der Waals surface area contributed by atoms with E-state index in [4.69, 9.17) is 19.6 Å². The van der Waals surface area contributed by atoms with Crippen molar-refractivity contribution in [3.63, 3.8) is 0 Å². The number of hydrogen-bond acceptors (Lipinski definition) is 8. The third kappa shape index (κ3) is 3.93. The highest BCUT2D eigenvalue weighted by atomic mass is 16.5. The number of esters is 1. The summed E-state index contributed by atoms with van der Waals surface area (Å²) >= 11 is 0. The van der Waals surface area contributed by atoms with E-state index >= 15 is 0 Å². The molecule has 1 aromatic heterocycles. The van der Waals surface area contributed by atoms with Gasteiger partial charge < -0.3 is 24.9 Å². The lowest BCUT2D eigenvalue weighted by atomic mass is 10.2. The van der Waals surface area contributed by atoms with E-state index in [2.05, 4.69) is 10.3 Å². The lowest BCUT2D eigenvalue weighted by Crippen LogP contribution is -2.51. The molecule has 0 radical (unpaired) electrons. The molecule has 8 nitrogen and oxygen atoms in total. The van der Waals surface area contributed by atoms with E-state index in [1.54, 1.807) is 30.2 Å². The molecule has 30 heavy (non-hydrogen) atoms. The molecule has 1 aliphatic rings. The average Bonchev–Trinajstić information content (AvgIpc) is 3.26. The Balaban J connectivity index is 1.52. The van der Waals surface area contributed by atoms with E-state index in [1.165, 1.54) is 6.26 Å². The number of ether oxygens (including phenoxy) is 2. The first-order chi connectivity index (χ1) is 14.7. The number of carbonyl (C=O) groups is 1. The topological polar surface area (TPSA) is 102 Å². The minimum atomic E-state index is -0.992. The quantitative estimate of drug-likeness (QED) is 0.452. The number of hydrogen-bond donors (Lipinski definition) is 2. The van der Waals surface area contributed by atoms with Crippen LogP contribution in [0.1, 0.15) is 0 Å². The molecular formula is C22H22N4O4. The van der Waals surface area contributed by atoms with Crippen LogP contribution in [0.15, 0.2) is 76.3 Å². The van der Waals surface area contributed by atoms with Crippen molar-refractivity contribution in [2.45, 2.75) is 6.17 Å². The maximum atomic E-state index is 12.9. The van der Waals surface area contributed by atoms with Crippen LogP contribution >= 0.6 is 0 Å². The maximum absolute atomic E-state index is 12.9. The Kier molecular flexibility index (Phi) is 5.56. The van der Waals surface area contributed by atoms with E-state index in [1.807, 2.05) is 42.5 Å². The lowest BCUT2D eigenvalue weighted by molar-refractivity contribution is -0.144. The normalized spacial score (nSPS) is 15.2. The number of nitrogens with zero attached hydrogens (tertiary/aromatic N) is 2. The van der Waals surface area contributed by atoms with Gasteiger partial charge in [0.2, 0.25) is 11.7 Å². The highest BCUT2D eigenvalue weighted by molar-refractivity contribution is 5.85. The summed E-state index contributed by atoms with van der Waals surface area (Å²) in [5.41, 5.74) is 8.32. The van der Waals surface area contributed by atoms with E-state index in [-0.39, 0.29) is 6.61 Å². The van der Waals surface area contributed by atoms with E-state index < -0.39 is 12.1 Å². The number of carbonyl (C=O) groups excluding carboxylic acids is 1. The fourth-order valence-corrected chi connectivity index (χ4v) is 3.19. The molecule has 0 saturated carbocycles. The minimum absolute atomic E-state index is 0.182. The molecule has 2 aromatic carbocycles. The first kappa shape index (κ1) is 19.4. The second kappa shape index (κ2) is 8.60. The van der Waals surface area contributed by atoms with Crippen LogP contribution in [0.2, 0.25) is 0 Å². The van der Waals surface area contributed by atoms with Crippen molar-refractivity contribution in [1.82, 2.24) is 0 Å². The number of benzene rings is 2. The Bertz CT molecular complexity index is 1130. The highest BCUT2D eigenvalue weighted by Gasteiger charge is 2.32. The zero-order chi connectivity index (χ0) is 20.9. The summed E-state index contributed by atoms with van der Waals surface area (Å²) in [7, 11) is 1.59.